The first kappa shape index (κ1) is 8.75. The van der Waals surface area contributed by atoms with Gasteiger partial charge in [-0.1, -0.05) is 28.1 Å². The highest BCUT2D eigenvalue weighted by molar-refractivity contribution is 9.10. The summed E-state index contributed by atoms with van der Waals surface area (Å²) >= 11 is 3.46. The smallest absolute Gasteiger partial charge is 0.0716 e. The van der Waals surface area contributed by atoms with E-state index in [0.717, 1.165) is 4.47 Å². The van der Waals surface area contributed by atoms with Crippen molar-refractivity contribution in [1.29, 1.82) is 0 Å². The third-order valence-corrected chi connectivity index (χ3v) is 2.54. The summed E-state index contributed by atoms with van der Waals surface area (Å²) in [5.74, 6) is 0. The van der Waals surface area contributed by atoms with E-state index in [2.05, 4.69) is 28.9 Å². The Labute approximate surface area is 75.5 Å². The van der Waals surface area contributed by atoms with E-state index in [0.29, 0.717) is 6.61 Å². The summed E-state index contributed by atoms with van der Waals surface area (Å²) in [7, 11) is 1.71. The standard InChI is InChI=1S/C9H11BrO/c1-7-8(6-11-2)4-3-5-9(7)10/h3-5H,6H2,1-2H3. The largest absolute Gasteiger partial charge is 0.380 e. The summed E-state index contributed by atoms with van der Waals surface area (Å²) in [4.78, 5) is 0. The van der Waals surface area contributed by atoms with Crippen molar-refractivity contribution < 1.29 is 4.74 Å². The summed E-state index contributed by atoms with van der Waals surface area (Å²) in [5.41, 5.74) is 2.50. The molecule has 0 aliphatic carbocycles. The molecule has 1 nitrogen and oxygen atoms in total. The molecule has 1 aromatic carbocycles. The molecule has 0 atom stereocenters. The lowest BCUT2D eigenvalue weighted by Crippen LogP contribution is -1.91. The van der Waals surface area contributed by atoms with Crippen LogP contribution in [-0.2, 0) is 11.3 Å². The van der Waals surface area contributed by atoms with Crippen LogP contribution in [0.25, 0.3) is 0 Å². The van der Waals surface area contributed by atoms with E-state index < -0.39 is 0 Å². The molecule has 0 saturated heterocycles. The second kappa shape index (κ2) is 3.88. The summed E-state index contributed by atoms with van der Waals surface area (Å²) in [6.45, 7) is 2.77. The first-order chi connectivity index (χ1) is 5.25. The first-order valence-corrected chi connectivity index (χ1v) is 4.28. The maximum Gasteiger partial charge on any atom is 0.0716 e. The lowest BCUT2D eigenvalue weighted by Gasteiger charge is -2.05. The summed E-state index contributed by atoms with van der Waals surface area (Å²) in [6, 6.07) is 6.13. The van der Waals surface area contributed by atoms with Crippen molar-refractivity contribution in [3.05, 3.63) is 33.8 Å². The van der Waals surface area contributed by atoms with E-state index in [4.69, 9.17) is 4.74 Å². The molecular weight excluding hydrogens is 204 g/mol. The molecule has 0 fully saturated rings. The third kappa shape index (κ3) is 2.04. The number of benzene rings is 1. The molecule has 0 N–H and O–H groups in total. The van der Waals surface area contributed by atoms with Crippen molar-refractivity contribution in [3.8, 4) is 0 Å². The van der Waals surface area contributed by atoms with Gasteiger partial charge < -0.3 is 4.74 Å². The van der Waals surface area contributed by atoms with Crippen LogP contribution in [0.1, 0.15) is 11.1 Å². The predicted molar refractivity (Wildman–Crippen MR) is 49.6 cm³/mol. The molecule has 0 aromatic heterocycles. The molecule has 0 unspecified atom stereocenters. The van der Waals surface area contributed by atoms with Crippen LogP contribution in [0.5, 0.6) is 0 Å². The normalized spacial score (nSPS) is 10.1. The minimum Gasteiger partial charge on any atom is -0.380 e. The Morgan fingerprint density at radius 1 is 1.45 bits per heavy atom. The number of ether oxygens (including phenoxy) is 1. The molecule has 0 aliphatic rings. The zero-order chi connectivity index (χ0) is 8.27. The molecule has 0 radical (unpaired) electrons. The zero-order valence-electron chi connectivity index (χ0n) is 6.73. The van der Waals surface area contributed by atoms with Crippen LogP contribution in [0.4, 0.5) is 0 Å². The molecule has 11 heavy (non-hydrogen) atoms. The van der Waals surface area contributed by atoms with Gasteiger partial charge in [-0.25, -0.2) is 0 Å². The average molecular weight is 215 g/mol. The topological polar surface area (TPSA) is 9.23 Å². The van der Waals surface area contributed by atoms with Gasteiger partial charge in [-0.3, -0.25) is 0 Å². The summed E-state index contributed by atoms with van der Waals surface area (Å²) in [6.07, 6.45) is 0. The van der Waals surface area contributed by atoms with Crippen molar-refractivity contribution >= 4 is 15.9 Å². The Hall–Kier alpha value is -0.340. The van der Waals surface area contributed by atoms with Crippen LogP contribution >= 0.6 is 15.9 Å². The predicted octanol–water partition coefficient (Wildman–Crippen LogP) is 2.90. The van der Waals surface area contributed by atoms with E-state index in [9.17, 15) is 0 Å². The summed E-state index contributed by atoms with van der Waals surface area (Å²) < 4.78 is 6.19. The Balaban J connectivity index is 2.96. The van der Waals surface area contributed by atoms with Crippen LogP contribution < -0.4 is 0 Å². The SMILES string of the molecule is COCc1cccc(Br)c1C. The number of hydrogen-bond donors (Lipinski definition) is 0. The van der Waals surface area contributed by atoms with Gasteiger partial charge in [-0.15, -0.1) is 0 Å². The van der Waals surface area contributed by atoms with Crippen molar-refractivity contribution in [2.24, 2.45) is 0 Å². The van der Waals surface area contributed by atoms with E-state index in [1.54, 1.807) is 7.11 Å². The number of halogens is 1. The van der Waals surface area contributed by atoms with Crippen LogP contribution in [0.3, 0.4) is 0 Å². The average Bonchev–Trinajstić information content (AvgIpc) is 1.99. The van der Waals surface area contributed by atoms with Crippen LogP contribution in [-0.4, -0.2) is 7.11 Å². The molecule has 1 rings (SSSR count). The fraction of sp³-hybridized carbons (Fsp3) is 0.333. The monoisotopic (exact) mass is 214 g/mol. The van der Waals surface area contributed by atoms with Gasteiger partial charge in [0.15, 0.2) is 0 Å². The maximum atomic E-state index is 5.04. The van der Waals surface area contributed by atoms with Crippen LogP contribution in [0.15, 0.2) is 22.7 Å². The van der Waals surface area contributed by atoms with Crippen LogP contribution in [0, 0.1) is 6.92 Å². The van der Waals surface area contributed by atoms with Gasteiger partial charge in [0.1, 0.15) is 0 Å². The molecular formula is C9H11BrO. The molecule has 2 heteroatoms. The second-order valence-corrected chi connectivity index (χ2v) is 3.31. The second-order valence-electron chi connectivity index (χ2n) is 2.46. The van der Waals surface area contributed by atoms with Gasteiger partial charge in [-0.2, -0.15) is 0 Å². The highest BCUT2D eigenvalue weighted by Crippen LogP contribution is 2.19. The van der Waals surface area contributed by atoms with Crippen molar-refractivity contribution in [2.75, 3.05) is 7.11 Å². The van der Waals surface area contributed by atoms with Crippen molar-refractivity contribution in [3.63, 3.8) is 0 Å². The number of methoxy groups -OCH3 is 1. The highest BCUT2D eigenvalue weighted by atomic mass is 79.9. The Morgan fingerprint density at radius 3 is 2.82 bits per heavy atom. The lowest BCUT2D eigenvalue weighted by atomic mass is 10.1. The summed E-state index contributed by atoms with van der Waals surface area (Å²) in [5, 5.41) is 0. The maximum absolute atomic E-state index is 5.04. The molecule has 0 heterocycles. The van der Waals surface area contributed by atoms with Gasteiger partial charge in [0.2, 0.25) is 0 Å². The molecule has 1 aromatic rings. The molecule has 0 aliphatic heterocycles. The van der Waals surface area contributed by atoms with E-state index in [1.165, 1.54) is 11.1 Å². The van der Waals surface area contributed by atoms with Crippen molar-refractivity contribution in [1.82, 2.24) is 0 Å². The Kier molecular flexibility index (Phi) is 3.09. The molecule has 60 valence electrons. The fourth-order valence-corrected chi connectivity index (χ4v) is 1.37. The fourth-order valence-electron chi connectivity index (χ4n) is 0.964. The van der Waals surface area contributed by atoms with Gasteiger partial charge in [0.25, 0.3) is 0 Å². The minimum absolute atomic E-state index is 0.686. The first-order valence-electron chi connectivity index (χ1n) is 3.48. The molecule has 0 spiro atoms. The van der Waals surface area contributed by atoms with Gasteiger partial charge >= 0.3 is 0 Å². The number of rotatable bonds is 2. The minimum atomic E-state index is 0.686. The quantitative estimate of drug-likeness (QED) is 0.736. The number of hydrogen-bond acceptors (Lipinski definition) is 1. The molecule has 0 bridgehead atoms. The highest BCUT2D eigenvalue weighted by Gasteiger charge is 1.99. The van der Waals surface area contributed by atoms with E-state index in [-0.39, 0.29) is 0 Å². The van der Waals surface area contributed by atoms with Crippen molar-refractivity contribution in [2.45, 2.75) is 13.5 Å². The van der Waals surface area contributed by atoms with Gasteiger partial charge in [0, 0.05) is 11.6 Å². The molecule has 0 amide bonds. The third-order valence-electron chi connectivity index (χ3n) is 1.68. The lowest BCUT2D eigenvalue weighted by molar-refractivity contribution is 0.184. The van der Waals surface area contributed by atoms with Gasteiger partial charge in [0.05, 0.1) is 6.61 Å². The van der Waals surface area contributed by atoms with Gasteiger partial charge in [-0.05, 0) is 24.1 Å². The van der Waals surface area contributed by atoms with E-state index in [1.807, 2.05) is 12.1 Å². The Morgan fingerprint density at radius 2 is 2.18 bits per heavy atom. The Bertz CT molecular complexity index is 245. The zero-order valence-corrected chi connectivity index (χ0v) is 8.31. The molecule has 0 saturated carbocycles. The van der Waals surface area contributed by atoms with Crippen LogP contribution in [0.2, 0.25) is 0 Å². The van der Waals surface area contributed by atoms with E-state index >= 15 is 0 Å².